The van der Waals surface area contributed by atoms with Gasteiger partial charge < -0.3 is 15.3 Å². The van der Waals surface area contributed by atoms with Crippen LogP contribution in [0, 0.1) is 0 Å². The van der Waals surface area contributed by atoms with E-state index in [9.17, 15) is 23.1 Å². The molecule has 0 radical (unpaired) electrons. The zero-order chi connectivity index (χ0) is 16.9. The lowest BCUT2D eigenvalue weighted by atomic mass is 10.0. The van der Waals surface area contributed by atoms with Crippen LogP contribution in [0.25, 0.3) is 0 Å². The first kappa shape index (κ1) is 18.3. The van der Waals surface area contributed by atoms with Crippen LogP contribution in [0.15, 0.2) is 24.3 Å². The molecule has 0 saturated carbocycles. The average Bonchev–Trinajstić information content (AvgIpc) is 2.36. The van der Waals surface area contributed by atoms with Gasteiger partial charge in [-0.25, -0.2) is 4.79 Å². The number of nitrogens with zero attached hydrogens (tertiary/aromatic N) is 1. The summed E-state index contributed by atoms with van der Waals surface area (Å²) in [4.78, 5) is 13.1. The van der Waals surface area contributed by atoms with E-state index >= 15 is 0 Å². The summed E-state index contributed by atoms with van der Waals surface area (Å²) in [6, 6.07) is 4.42. The molecule has 0 fully saturated rings. The van der Waals surface area contributed by atoms with Gasteiger partial charge in [0.1, 0.15) is 0 Å². The quantitative estimate of drug-likeness (QED) is 0.877. The number of hydrogen-bond acceptors (Lipinski definition) is 2. The standard InChI is InChI=1S/C15H21F3N2O2/c1-10(19-14(22)20(3)9-11(2)21)8-12-6-4-5-7-13(12)15(16,17)18/h4-7,10-11,21H,8-9H2,1-3H3,(H,19,22)/t10-,11-/m1/s1. The first-order valence-electron chi connectivity index (χ1n) is 6.96. The van der Waals surface area contributed by atoms with Gasteiger partial charge in [0, 0.05) is 19.6 Å². The molecule has 1 aromatic rings. The first-order chi connectivity index (χ1) is 10.1. The van der Waals surface area contributed by atoms with Crippen LogP contribution in [-0.2, 0) is 12.6 Å². The highest BCUT2D eigenvalue weighted by Crippen LogP contribution is 2.32. The van der Waals surface area contributed by atoms with Gasteiger partial charge in [-0.2, -0.15) is 13.2 Å². The zero-order valence-corrected chi connectivity index (χ0v) is 12.8. The highest BCUT2D eigenvalue weighted by atomic mass is 19.4. The van der Waals surface area contributed by atoms with Gasteiger partial charge >= 0.3 is 12.2 Å². The molecule has 22 heavy (non-hydrogen) atoms. The summed E-state index contributed by atoms with van der Waals surface area (Å²) in [5.74, 6) is 0. The molecule has 2 atom stereocenters. The molecule has 0 heterocycles. The molecule has 0 spiro atoms. The lowest BCUT2D eigenvalue weighted by Gasteiger charge is -2.23. The summed E-state index contributed by atoms with van der Waals surface area (Å²) in [5, 5.41) is 11.8. The smallest absolute Gasteiger partial charge is 0.392 e. The number of benzene rings is 1. The number of amides is 2. The van der Waals surface area contributed by atoms with Gasteiger partial charge in [0.15, 0.2) is 0 Å². The third-order valence-electron chi connectivity index (χ3n) is 3.10. The molecular formula is C15H21F3N2O2. The van der Waals surface area contributed by atoms with E-state index in [1.165, 1.54) is 24.1 Å². The minimum Gasteiger partial charge on any atom is -0.392 e. The third kappa shape index (κ3) is 5.55. The molecule has 1 rings (SSSR count). The van der Waals surface area contributed by atoms with Gasteiger partial charge in [0.05, 0.1) is 11.7 Å². The number of hydrogen-bond donors (Lipinski definition) is 2. The molecule has 7 heteroatoms. The summed E-state index contributed by atoms with van der Waals surface area (Å²) in [7, 11) is 1.51. The van der Waals surface area contributed by atoms with E-state index in [4.69, 9.17) is 0 Å². The molecule has 0 saturated heterocycles. The van der Waals surface area contributed by atoms with Gasteiger partial charge in [0.25, 0.3) is 0 Å². The van der Waals surface area contributed by atoms with Gasteiger partial charge in [-0.15, -0.1) is 0 Å². The average molecular weight is 318 g/mol. The number of nitrogens with one attached hydrogen (secondary N) is 1. The summed E-state index contributed by atoms with van der Waals surface area (Å²) >= 11 is 0. The van der Waals surface area contributed by atoms with Crippen molar-refractivity contribution >= 4 is 6.03 Å². The number of rotatable bonds is 5. The van der Waals surface area contributed by atoms with Crippen molar-refractivity contribution in [2.24, 2.45) is 0 Å². The second kappa shape index (κ2) is 7.49. The van der Waals surface area contributed by atoms with E-state index < -0.39 is 29.9 Å². The Labute approximate surface area is 127 Å². The fourth-order valence-electron chi connectivity index (χ4n) is 2.16. The van der Waals surface area contributed by atoms with Crippen molar-refractivity contribution in [3.8, 4) is 0 Å². The van der Waals surface area contributed by atoms with Crippen molar-refractivity contribution in [2.45, 2.75) is 38.6 Å². The molecule has 0 aromatic heterocycles. The SMILES string of the molecule is C[C@H](Cc1ccccc1C(F)(F)F)NC(=O)N(C)C[C@@H](C)O. The lowest BCUT2D eigenvalue weighted by Crippen LogP contribution is -2.45. The predicted octanol–water partition coefficient (Wildman–Crippen LogP) is 2.66. The fraction of sp³-hybridized carbons (Fsp3) is 0.533. The van der Waals surface area contributed by atoms with Crippen LogP contribution in [0.2, 0.25) is 0 Å². The Hall–Kier alpha value is -1.76. The predicted molar refractivity (Wildman–Crippen MR) is 77.5 cm³/mol. The molecular weight excluding hydrogens is 297 g/mol. The second-order valence-electron chi connectivity index (χ2n) is 5.44. The van der Waals surface area contributed by atoms with Crippen LogP contribution < -0.4 is 5.32 Å². The molecule has 4 nitrogen and oxygen atoms in total. The molecule has 0 aliphatic carbocycles. The highest BCUT2D eigenvalue weighted by molar-refractivity contribution is 5.74. The maximum atomic E-state index is 12.9. The van der Waals surface area contributed by atoms with E-state index in [2.05, 4.69) is 5.32 Å². The normalized spacial score (nSPS) is 14.3. The van der Waals surface area contributed by atoms with Gasteiger partial charge in [-0.05, 0) is 31.9 Å². The number of urea groups is 1. The first-order valence-corrected chi connectivity index (χ1v) is 6.96. The Kier molecular flexibility index (Phi) is 6.22. The highest BCUT2D eigenvalue weighted by Gasteiger charge is 2.33. The maximum absolute atomic E-state index is 12.9. The largest absolute Gasteiger partial charge is 0.416 e. The van der Waals surface area contributed by atoms with E-state index in [-0.39, 0.29) is 18.5 Å². The number of carbonyl (C=O) groups is 1. The molecule has 0 unspecified atom stereocenters. The van der Waals surface area contributed by atoms with Gasteiger partial charge in [0.2, 0.25) is 0 Å². The van der Waals surface area contributed by atoms with Crippen molar-refractivity contribution in [3.05, 3.63) is 35.4 Å². The molecule has 0 aliphatic rings. The summed E-state index contributed by atoms with van der Waals surface area (Å²) < 4.78 is 38.7. The Morgan fingerprint density at radius 3 is 2.45 bits per heavy atom. The number of aliphatic hydroxyl groups is 1. The van der Waals surface area contributed by atoms with Crippen molar-refractivity contribution in [3.63, 3.8) is 0 Å². The molecule has 2 N–H and O–H groups in total. The number of likely N-dealkylation sites (N-methyl/N-ethyl adjacent to an activating group) is 1. The van der Waals surface area contributed by atoms with Crippen LogP contribution >= 0.6 is 0 Å². The Morgan fingerprint density at radius 2 is 1.91 bits per heavy atom. The van der Waals surface area contributed by atoms with E-state index in [0.717, 1.165) is 6.07 Å². The van der Waals surface area contributed by atoms with Crippen molar-refractivity contribution < 1.29 is 23.1 Å². The van der Waals surface area contributed by atoms with E-state index in [0.29, 0.717) is 0 Å². The van der Waals surface area contributed by atoms with Gasteiger partial charge in [-0.1, -0.05) is 18.2 Å². The summed E-state index contributed by atoms with van der Waals surface area (Å²) in [6.07, 6.45) is -5.01. The minimum absolute atomic E-state index is 0.0734. The monoisotopic (exact) mass is 318 g/mol. The van der Waals surface area contributed by atoms with Crippen LogP contribution in [0.3, 0.4) is 0 Å². The maximum Gasteiger partial charge on any atom is 0.416 e. The molecule has 1 aromatic carbocycles. The van der Waals surface area contributed by atoms with Crippen LogP contribution in [0.4, 0.5) is 18.0 Å². The number of aliphatic hydroxyl groups excluding tert-OH is 1. The van der Waals surface area contributed by atoms with Crippen LogP contribution in [0.1, 0.15) is 25.0 Å². The van der Waals surface area contributed by atoms with E-state index in [1.54, 1.807) is 19.9 Å². The van der Waals surface area contributed by atoms with Crippen molar-refractivity contribution in [1.82, 2.24) is 10.2 Å². The molecule has 2 amide bonds. The number of carbonyl (C=O) groups excluding carboxylic acids is 1. The molecule has 0 aliphatic heterocycles. The minimum atomic E-state index is -4.41. The topological polar surface area (TPSA) is 52.6 Å². The van der Waals surface area contributed by atoms with Crippen LogP contribution in [-0.4, -0.2) is 41.8 Å². The lowest BCUT2D eigenvalue weighted by molar-refractivity contribution is -0.138. The second-order valence-corrected chi connectivity index (χ2v) is 5.44. The fourth-order valence-corrected chi connectivity index (χ4v) is 2.16. The summed E-state index contributed by atoms with van der Waals surface area (Å²) in [5.41, 5.74) is -0.547. The van der Waals surface area contributed by atoms with Gasteiger partial charge in [-0.3, -0.25) is 0 Å². The van der Waals surface area contributed by atoms with E-state index in [1.807, 2.05) is 0 Å². The molecule has 0 bridgehead atoms. The Morgan fingerprint density at radius 1 is 1.32 bits per heavy atom. The number of halogens is 3. The zero-order valence-electron chi connectivity index (χ0n) is 12.8. The number of alkyl halides is 3. The molecule has 124 valence electrons. The van der Waals surface area contributed by atoms with Crippen molar-refractivity contribution in [1.29, 1.82) is 0 Å². The van der Waals surface area contributed by atoms with Crippen molar-refractivity contribution in [2.75, 3.05) is 13.6 Å². The Balaban J connectivity index is 2.70. The Bertz CT molecular complexity index is 504. The van der Waals surface area contributed by atoms with Crippen LogP contribution in [0.5, 0.6) is 0 Å². The summed E-state index contributed by atoms with van der Waals surface area (Å²) in [6.45, 7) is 3.34. The third-order valence-corrected chi connectivity index (χ3v) is 3.10.